The summed E-state index contributed by atoms with van der Waals surface area (Å²) < 4.78 is 0. The third kappa shape index (κ3) is 2.89. The van der Waals surface area contributed by atoms with Gasteiger partial charge in [0.05, 0.1) is 10.7 Å². The van der Waals surface area contributed by atoms with Crippen LogP contribution in [0, 0.1) is 5.92 Å². The van der Waals surface area contributed by atoms with Crippen molar-refractivity contribution in [2.75, 3.05) is 11.9 Å². The Balaban J connectivity index is 2.07. The zero-order valence-corrected chi connectivity index (χ0v) is 10.4. The van der Waals surface area contributed by atoms with Gasteiger partial charge in [-0.05, 0) is 31.4 Å². The number of nitrogens with two attached hydrogens (primary N) is 1. The highest BCUT2D eigenvalue weighted by Crippen LogP contribution is 2.38. The average Bonchev–Trinajstić information content (AvgIpc) is 3.05. The van der Waals surface area contributed by atoms with Crippen LogP contribution in [0.5, 0.6) is 0 Å². The van der Waals surface area contributed by atoms with Gasteiger partial charge in [0, 0.05) is 12.1 Å². The molecule has 0 amide bonds. The molecule has 2 nitrogen and oxygen atoms in total. The molecular weight excluding hydrogens is 220 g/mol. The number of hydrogen-bond acceptors (Lipinski definition) is 2. The van der Waals surface area contributed by atoms with Crippen molar-refractivity contribution < 1.29 is 0 Å². The van der Waals surface area contributed by atoms with Gasteiger partial charge < -0.3 is 11.1 Å². The van der Waals surface area contributed by atoms with Crippen LogP contribution in [0.1, 0.15) is 26.2 Å². The smallest absolute Gasteiger partial charge is 0.0637 e. The van der Waals surface area contributed by atoms with Crippen molar-refractivity contribution in [3.63, 3.8) is 0 Å². The standard InChI is InChI=1S/C13H19ClN2/c1-13(9-15,8-10-6-7-10)16-12-5-3-2-4-11(12)14/h2-5,10,16H,6-9,15H2,1H3. The van der Waals surface area contributed by atoms with Gasteiger partial charge >= 0.3 is 0 Å². The molecule has 88 valence electrons. The molecule has 3 N–H and O–H groups in total. The summed E-state index contributed by atoms with van der Waals surface area (Å²) in [4.78, 5) is 0. The minimum absolute atomic E-state index is 0.0356. The second kappa shape index (κ2) is 4.64. The molecule has 0 spiro atoms. The fourth-order valence-electron chi connectivity index (χ4n) is 2.03. The normalized spacial score (nSPS) is 19.2. The molecule has 1 aliphatic rings. The molecule has 0 radical (unpaired) electrons. The van der Waals surface area contributed by atoms with Gasteiger partial charge in [-0.15, -0.1) is 0 Å². The molecule has 1 aromatic carbocycles. The third-order valence-corrected chi connectivity index (χ3v) is 3.53. The van der Waals surface area contributed by atoms with E-state index < -0.39 is 0 Å². The maximum Gasteiger partial charge on any atom is 0.0637 e. The minimum atomic E-state index is -0.0356. The SMILES string of the molecule is CC(CN)(CC1CC1)Nc1ccccc1Cl. The number of anilines is 1. The van der Waals surface area contributed by atoms with E-state index in [2.05, 4.69) is 12.2 Å². The fourth-order valence-corrected chi connectivity index (χ4v) is 2.22. The van der Waals surface area contributed by atoms with Crippen LogP contribution in [0.15, 0.2) is 24.3 Å². The first kappa shape index (κ1) is 11.7. The first-order valence-corrected chi connectivity index (χ1v) is 6.23. The predicted octanol–water partition coefficient (Wildman–Crippen LogP) is 3.27. The van der Waals surface area contributed by atoms with Gasteiger partial charge in [0.2, 0.25) is 0 Å². The van der Waals surface area contributed by atoms with E-state index in [9.17, 15) is 0 Å². The Morgan fingerprint density at radius 2 is 2.12 bits per heavy atom. The molecule has 16 heavy (non-hydrogen) atoms. The Hall–Kier alpha value is -0.730. The minimum Gasteiger partial charge on any atom is -0.377 e. The van der Waals surface area contributed by atoms with Gasteiger partial charge in [-0.2, -0.15) is 0 Å². The lowest BCUT2D eigenvalue weighted by atomic mass is 9.94. The first-order chi connectivity index (χ1) is 7.63. The molecule has 1 aliphatic carbocycles. The highest BCUT2D eigenvalue weighted by Gasteiger charge is 2.32. The van der Waals surface area contributed by atoms with Crippen molar-refractivity contribution in [1.82, 2.24) is 0 Å². The van der Waals surface area contributed by atoms with E-state index in [0.29, 0.717) is 6.54 Å². The van der Waals surface area contributed by atoms with Crippen LogP contribution in [0.3, 0.4) is 0 Å². The number of benzene rings is 1. The maximum absolute atomic E-state index is 6.14. The van der Waals surface area contributed by atoms with Crippen LogP contribution in [-0.2, 0) is 0 Å². The molecule has 2 rings (SSSR count). The first-order valence-electron chi connectivity index (χ1n) is 5.86. The highest BCUT2D eigenvalue weighted by molar-refractivity contribution is 6.33. The molecule has 1 saturated carbocycles. The molecular formula is C13H19ClN2. The number of rotatable bonds is 5. The summed E-state index contributed by atoms with van der Waals surface area (Å²) >= 11 is 6.14. The van der Waals surface area contributed by atoms with Crippen LogP contribution in [0.4, 0.5) is 5.69 Å². The summed E-state index contributed by atoms with van der Waals surface area (Å²) in [6.07, 6.45) is 3.83. The number of nitrogens with one attached hydrogen (secondary N) is 1. The zero-order valence-electron chi connectivity index (χ0n) is 9.67. The van der Waals surface area contributed by atoms with E-state index in [1.165, 1.54) is 12.8 Å². The number of hydrogen-bond donors (Lipinski definition) is 2. The Bertz CT molecular complexity index is 363. The van der Waals surface area contributed by atoms with E-state index in [1.54, 1.807) is 0 Å². The second-order valence-electron chi connectivity index (χ2n) is 5.02. The van der Waals surface area contributed by atoms with Crippen molar-refractivity contribution in [2.45, 2.75) is 31.7 Å². The van der Waals surface area contributed by atoms with Crippen molar-refractivity contribution in [3.05, 3.63) is 29.3 Å². The van der Waals surface area contributed by atoms with Crippen molar-refractivity contribution in [3.8, 4) is 0 Å². The van der Waals surface area contributed by atoms with Crippen LogP contribution in [0.2, 0.25) is 5.02 Å². The van der Waals surface area contributed by atoms with Crippen LogP contribution in [0.25, 0.3) is 0 Å². The molecule has 1 unspecified atom stereocenters. The Labute approximate surface area is 102 Å². The van der Waals surface area contributed by atoms with Gasteiger partial charge in [0.15, 0.2) is 0 Å². The van der Waals surface area contributed by atoms with E-state index in [1.807, 2.05) is 24.3 Å². The van der Waals surface area contributed by atoms with Crippen LogP contribution >= 0.6 is 11.6 Å². The predicted molar refractivity (Wildman–Crippen MR) is 69.9 cm³/mol. The lowest BCUT2D eigenvalue weighted by Crippen LogP contribution is -2.43. The molecule has 0 saturated heterocycles. The van der Waals surface area contributed by atoms with E-state index in [0.717, 1.165) is 23.0 Å². The van der Waals surface area contributed by atoms with Gasteiger partial charge in [0.1, 0.15) is 0 Å². The topological polar surface area (TPSA) is 38.0 Å². The quantitative estimate of drug-likeness (QED) is 0.826. The van der Waals surface area contributed by atoms with Crippen LogP contribution < -0.4 is 11.1 Å². The second-order valence-corrected chi connectivity index (χ2v) is 5.42. The molecule has 3 heteroatoms. The van der Waals surface area contributed by atoms with Gasteiger partial charge in [-0.1, -0.05) is 36.6 Å². The summed E-state index contributed by atoms with van der Waals surface area (Å²) in [5.74, 6) is 0.850. The van der Waals surface area contributed by atoms with Gasteiger partial charge in [-0.3, -0.25) is 0 Å². The molecule has 0 aliphatic heterocycles. The molecule has 1 atom stereocenters. The number of para-hydroxylation sites is 1. The molecule has 1 aromatic rings. The molecule has 1 fully saturated rings. The summed E-state index contributed by atoms with van der Waals surface area (Å²) in [5.41, 5.74) is 6.82. The van der Waals surface area contributed by atoms with Crippen LogP contribution in [-0.4, -0.2) is 12.1 Å². The summed E-state index contributed by atoms with van der Waals surface area (Å²) in [6, 6.07) is 7.83. The molecule has 0 bridgehead atoms. The van der Waals surface area contributed by atoms with Crippen molar-refractivity contribution in [1.29, 1.82) is 0 Å². The summed E-state index contributed by atoms with van der Waals surface area (Å²) in [5, 5.41) is 4.25. The van der Waals surface area contributed by atoms with Gasteiger partial charge in [0.25, 0.3) is 0 Å². The van der Waals surface area contributed by atoms with Gasteiger partial charge in [-0.25, -0.2) is 0 Å². The summed E-state index contributed by atoms with van der Waals surface area (Å²) in [6.45, 7) is 2.81. The summed E-state index contributed by atoms with van der Waals surface area (Å²) in [7, 11) is 0. The van der Waals surface area contributed by atoms with Crippen molar-refractivity contribution >= 4 is 17.3 Å². The number of halogens is 1. The molecule has 0 aromatic heterocycles. The fraction of sp³-hybridized carbons (Fsp3) is 0.538. The van der Waals surface area contributed by atoms with E-state index in [4.69, 9.17) is 17.3 Å². The molecule has 0 heterocycles. The van der Waals surface area contributed by atoms with E-state index >= 15 is 0 Å². The zero-order chi connectivity index (χ0) is 11.6. The largest absolute Gasteiger partial charge is 0.377 e. The van der Waals surface area contributed by atoms with E-state index in [-0.39, 0.29) is 5.54 Å². The van der Waals surface area contributed by atoms with Crippen molar-refractivity contribution in [2.24, 2.45) is 11.7 Å². The Morgan fingerprint density at radius 3 is 2.69 bits per heavy atom. The lowest BCUT2D eigenvalue weighted by molar-refractivity contribution is 0.453. The highest BCUT2D eigenvalue weighted by atomic mass is 35.5. The Kier molecular flexibility index (Phi) is 3.41. The maximum atomic E-state index is 6.14. The average molecular weight is 239 g/mol. The Morgan fingerprint density at radius 1 is 1.44 bits per heavy atom. The third-order valence-electron chi connectivity index (χ3n) is 3.20. The lowest BCUT2D eigenvalue weighted by Gasteiger charge is -2.31. The monoisotopic (exact) mass is 238 g/mol.